The first-order valence-electron chi connectivity index (χ1n) is 5.67. The third-order valence-corrected chi connectivity index (χ3v) is 3.95. The van der Waals surface area contributed by atoms with Gasteiger partial charge in [0.25, 0.3) is 10.0 Å². The van der Waals surface area contributed by atoms with Crippen molar-refractivity contribution in [1.29, 1.82) is 0 Å². The minimum atomic E-state index is -3.72. The summed E-state index contributed by atoms with van der Waals surface area (Å²) in [6, 6.07) is 1.35. The summed E-state index contributed by atoms with van der Waals surface area (Å²) in [5, 5.41) is 5.96. The van der Waals surface area contributed by atoms with Gasteiger partial charge in [-0.3, -0.25) is 9.89 Å². The molecule has 0 atom stereocenters. The van der Waals surface area contributed by atoms with Crippen LogP contribution in [0.4, 0.5) is 0 Å². The third-order valence-electron chi connectivity index (χ3n) is 2.18. The molecule has 0 aliphatic carbocycles. The predicted octanol–water partition coefficient (Wildman–Crippen LogP) is 0.373. The quantitative estimate of drug-likeness (QED) is 0.726. The first-order valence-corrected chi connectivity index (χ1v) is 7.11. The van der Waals surface area contributed by atoms with Crippen LogP contribution in [0.5, 0.6) is 0 Å². The van der Waals surface area contributed by atoms with E-state index in [-0.39, 0.29) is 24.7 Å². The van der Waals surface area contributed by atoms with Gasteiger partial charge in [0.2, 0.25) is 0 Å². The fourth-order valence-corrected chi connectivity index (χ4v) is 2.79. The fourth-order valence-electron chi connectivity index (χ4n) is 1.41. The molecule has 0 aliphatic rings. The normalized spacial score (nSPS) is 11.7. The standard InChI is InChI=1S/C10H17N3O4S/c1-3-7-13(8-10(14)17-4-2)18(15,16)9-5-6-11-12-9/h5-6H,3-4,7-8H2,1-2H3,(H,11,12). The smallest absolute Gasteiger partial charge is 0.321 e. The van der Waals surface area contributed by atoms with E-state index in [1.807, 2.05) is 6.92 Å². The van der Waals surface area contributed by atoms with Crippen LogP contribution in [0.1, 0.15) is 20.3 Å². The van der Waals surface area contributed by atoms with Crippen LogP contribution in [0.25, 0.3) is 0 Å². The SMILES string of the molecule is CCCN(CC(=O)OCC)S(=O)(=O)c1ccn[nH]1. The number of sulfonamides is 1. The van der Waals surface area contributed by atoms with Gasteiger partial charge >= 0.3 is 5.97 Å². The van der Waals surface area contributed by atoms with Crippen LogP contribution in [0.2, 0.25) is 0 Å². The molecule has 1 N–H and O–H groups in total. The fraction of sp³-hybridized carbons (Fsp3) is 0.600. The molecule has 18 heavy (non-hydrogen) atoms. The molecule has 102 valence electrons. The molecule has 0 unspecified atom stereocenters. The molecule has 1 heterocycles. The van der Waals surface area contributed by atoms with Crippen molar-refractivity contribution in [1.82, 2.24) is 14.5 Å². The van der Waals surface area contributed by atoms with E-state index in [9.17, 15) is 13.2 Å². The molecule has 0 saturated heterocycles. The van der Waals surface area contributed by atoms with Crippen molar-refractivity contribution in [2.45, 2.75) is 25.3 Å². The molecule has 1 aromatic rings. The highest BCUT2D eigenvalue weighted by molar-refractivity contribution is 7.89. The Balaban J connectivity index is 2.88. The number of rotatable bonds is 7. The number of esters is 1. The summed E-state index contributed by atoms with van der Waals surface area (Å²) in [6.07, 6.45) is 1.95. The van der Waals surface area contributed by atoms with Gasteiger partial charge in [0.05, 0.1) is 12.8 Å². The van der Waals surface area contributed by atoms with Gasteiger partial charge in [0, 0.05) is 6.54 Å². The zero-order valence-corrected chi connectivity index (χ0v) is 11.2. The van der Waals surface area contributed by atoms with Gasteiger partial charge in [0.1, 0.15) is 6.54 Å². The van der Waals surface area contributed by atoms with Crippen molar-refractivity contribution < 1.29 is 17.9 Å². The summed E-state index contributed by atoms with van der Waals surface area (Å²) in [5.41, 5.74) is 0. The van der Waals surface area contributed by atoms with E-state index in [1.54, 1.807) is 6.92 Å². The molecular weight excluding hydrogens is 258 g/mol. The lowest BCUT2D eigenvalue weighted by molar-refractivity contribution is -0.143. The van der Waals surface area contributed by atoms with Crippen LogP contribution in [0.3, 0.4) is 0 Å². The number of H-pyrrole nitrogens is 1. The molecule has 8 heteroatoms. The summed E-state index contributed by atoms with van der Waals surface area (Å²) < 4.78 is 30.2. The van der Waals surface area contributed by atoms with Crippen LogP contribution in [0, 0.1) is 0 Å². The average Bonchev–Trinajstić information content (AvgIpc) is 2.82. The summed E-state index contributed by atoms with van der Waals surface area (Å²) in [7, 11) is -3.72. The minimum Gasteiger partial charge on any atom is -0.465 e. The van der Waals surface area contributed by atoms with Crippen LogP contribution < -0.4 is 0 Å². The van der Waals surface area contributed by atoms with Gasteiger partial charge < -0.3 is 4.74 Å². The lowest BCUT2D eigenvalue weighted by Crippen LogP contribution is -2.37. The molecule has 0 saturated carbocycles. The van der Waals surface area contributed by atoms with Crippen molar-refractivity contribution in [3.8, 4) is 0 Å². The van der Waals surface area contributed by atoms with Crippen LogP contribution in [0.15, 0.2) is 17.3 Å². The number of nitrogens with one attached hydrogen (secondary N) is 1. The molecule has 7 nitrogen and oxygen atoms in total. The summed E-state index contributed by atoms with van der Waals surface area (Å²) in [6.45, 7) is 3.69. The maximum absolute atomic E-state index is 12.2. The lowest BCUT2D eigenvalue weighted by atomic mass is 10.5. The number of ether oxygens (including phenoxy) is 1. The molecule has 0 aliphatic heterocycles. The number of hydrogen-bond acceptors (Lipinski definition) is 5. The molecule has 0 amide bonds. The maximum atomic E-state index is 12.2. The Morgan fingerprint density at radius 3 is 2.72 bits per heavy atom. The van der Waals surface area contributed by atoms with Crippen LogP contribution in [-0.2, 0) is 19.6 Å². The highest BCUT2D eigenvalue weighted by atomic mass is 32.2. The largest absolute Gasteiger partial charge is 0.465 e. The van der Waals surface area contributed by atoms with Gasteiger partial charge in [-0.2, -0.15) is 9.40 Å². The average molecular weight is 275 g/mol. The van der Waals surface area contributed by atoms with E-state index < -0.39 is 16.0 Å². The Kier molecular flexibility index (Phi) is 5.29. The molecule has 0 spiro atoms. The Bertz CT molecular complexity index is 469. The topological polar surface area (TPSA) is 92.4 Å². The number of hydrogen-bond donors (Lipinski definition) is 1. The second-order valence-corrected chi connectivity index (χ2v) is 5.47. The number of aromatic nitrogens is 2. The molecule has 0 fully saturated rings. The zero-order valence-electron chi connectivity index (χ0n) is 10.4. The molecule has 1 aromatic heterocycles. The van der Waals surface area contributed by atoms with Crippen molar-refractivity contribution in [3.63, 3.8) is 0 Å². The van der Waals surface area contributed by atoms with Crippen LogP contribution >= 0.6 is 0 Å². The predicted molar refractivity (Wildman–Crippen MR) is 64.3 cm³/mol. The van der Waals surface area contributed by atoms with E-state index in [0.717, 1.165) is 4.31 Å². The second-order valence-electron chi connectivity index (χ2n) is 3.56. The highest BCUT2D eigenvalue weighted by Gasteiger charge is 2.27. The summed E-state index contributed by atoms with van der Waals surface area (Å²) in [4.78, 5) is 11.4. The molecule has 0 radical (unpaired) electrons. The molecule has 1 rings (SSSR count). The van der Waals surface area contributed by atoms with Crippen molar-refractivity contribution in [3.05, 3.63) is 12.3 Å². The van der Waals surface area contributed by atoms with E-state index in [0.29, 0.717) is 6.42 Å². The van der Waals surface area contributed by atoms with Gasteiger partial charge in [-0.15, -0.1) is 0 Å². The monoisotopic (exact) mass is 275 g/mol. The Morgan fingerprint density at radius 2 is 2.22 bits per heavy atom. The number of carbonyl (C=O) groups excluding carboxylic acids is 1. The number of aromatic amines is 1. The van der Waals surface area contributed by atoms with E-state index in [4.69, 9.17) is 4.74 Å². The first-order chi connectivity index (χ1) is 8.52. The molecule has 0 bridgehead atoms. The molecule has 0 aromatic carbocycles. The Morgan fingerprint density at radius 1 is 1.50 bits per heavy atom. The second kappa shape index (κ2) is 6.50. The highest BCUT2D eigenvalue weighted by Crippen LogP contribution is 2.12. The van der Waals surface area contributed by atoms with Crippen molar-refractivity contribution in [2.24, 2.45) is 0 Å². The van der Waals surface area contributed by atoms with Crippen LogP contribution in [-0.4, -0.2) is 48.6 Å². The first kappa shape index (κ1) is 14.7. The van der Waals surface area contributed by atoms with Crippen molar-refractivity contribution in [2.75, 3.05) is 19.7 Å². The van der Waals surface area contributed by atoms with E-state index in [1.165, 1.54) is 12.3 Å². The van der Waals surface area contributed by atoms with Gasteiger partial charge in [-0.1, -0.05) is 6.92 Å². The zero-order chi connectivity index (χ0) is 13.6. The number of carbonyl (C=O) groups is 1. The Hall–Kier alpha value is -1.41. The van der Waals surface area contributed by atoms with E-state index in [2.05, 4.69) is 10.2 Å². The third kappa shape index (κ3) is 3.54. The van der Waals surface area contributed by atoms with Crippen molar-refractivity contribution >= 4 is 16.0 Å². The molecular formula is C10H17N3O4S. The van der Waals surface area contributed by atoms with Gasteiger partial charge in [0.15, 0.2) is 5.03 Å². The number of nitrogens with zero attached hydrogens (tertiary/aromatic N) is 2. The maximum Gasteiger partial charge on any atom is 0.321 e. The van der Waals surface area contributed by atoms with Gasteiger partial charge in [-0.25, -0.2) is 8.42 Å². The minimum absolute atomic E-state index is 0.0275. The Labute approximate surface area is 106 Å². The lowest BCUT2D eigenvalue weighted by Gasteiger charge is -2.19. The summed E-state index contributed by atoms with van der Waals surface area (Å²) in [5.74, 6) is -0.561. The van der Waals surface area contributed by atoms with Gasteiger partial charge in [-0.05, 0) is 19.4 Å². The van der Waals surface area contributed by atoms with E-state index >= 15 is 0 Å². The summed E-state index contributed by atoms with van der Waals surface area (Å²) >= 11 is 0.